The van der Waals surface area contributed by atoms with Gasteiger partial charge in [0.2, 0.25) is 0 Å². The standard InChI is InChI=1S/C13H10BrN3O2S/c14-9-2-1-3-11(8-9)16-13(20)15-10-4-6-12(7-5-10)17(18)19/h1-8H,(H2,15,16,20). The van der Waals surface area contributed by atoms with Gasteiger partial charge < -0.3 is 10.6 Å². The summed E-state index contributed by atoms with van der Waals surface area (Å²) in [4.78, 5) is 10.1. The molecule has 5 nitrogen and oxygen atoms in total. The summed E-state index contributed by atoms with van der Waals surface area (Å²) in [5, 5.41) is 16.9. The second-order valence-corrected chi connectivity index (χ2v) is 5.22. The Bertz CT molecular complexity index is 646. The molecule has 0 saturated heterocycles. The summed E-state index contributed by atoms with van der Waals surface area (Å²) >= 11 is 8.55. The molecule has 0 radical (unpaired) electrons. The van der Waals surface area contributed by atoms with Crippen molar-refractivity contribution in [2.75, 3.05) is 10.6 Å². The van der Waals surface area contributed by atoms with E-state index in [9.17, 15) is 10.1 Å². The number of anilines is 2. The molecule has 2 N–H and O–H groups in total. The van der Waals surface area contributed by atoms with Crippen molar-refractivity contribution in [2.45, 2.75) is 0 Å². The van der Waals surface area contributed by atoms with Crippen LogP contribution in [0.25, 0.3) is 0 Å². The lowest BCUT2D eigenvalue weighted by atomic mass is 10.3. The van der Waals surface area contributed by atoms with Crippen molar-refractivity contribution in [3.63, 3.8) is 0 Å². The van der Waals surface area contributed by atoms with Gasteiger partial charge in [-0.1, -0.05) is 22.0 Å². The summed E-state index contributed by atoms with van der Waals surface area (Å²) in [6, 6.07) is 13.6. The molecule has 0 saturated carbocycles. The number of nitrogens with one attached hydrogen (secondary N) is 2. The molecular formula is C13H10BrN3O2S. The number of halogens is 1. The molecule has 0 fully saturated rings. The lowest BCUT2D eigenvalue weighted by molar-refractivity contribution is -0.384. The van der Waals surface area contributed by atoms with Crippen molar-refractivity contribution in [1.82, 2.24) is 0 Å². The number of thiocarbonyl (C=S) groups is 1. The summed E-state index contributed by atoms with van der Waals surface area (Å²) in [5.41, 5.74) is 1.57. The van der Waals surface area contributed by atoms with Crippen LogP contribution in [0.5, 0.6) is 0 Å². The van der Waals surface area contributed by atoms with E-state index in [1.807, 2.05) is 24.3 Å². The van der Waals surface area contributed by atoms with Crippen LogP contribution in [0, 0.1) is 10.1 Å². The summed E-state index contributed by atoms with van der Waals surface area (Å²) < 4.78 is 0.945. The van der Waals surface area contributed by atoms with Gasteiger partial charge in [-0.15, -0.1) is 0 Å². The molecule has 0 aliphatic rings. The fourth-order valence-corrected chi connectivity index (χ4v) is 2.16. The number of rotatable bonds is 3. The molecule has 0 aliphatic carbocycles. The number of hydrogen-bond donors (Lipinski definition) is 2. The van der Waals surface area contributed by atoms with E-state index in [1.165, 1.54) is 12.1 Å². The van der Waals surface area contributed by atoms with E-state index in [4.69, 9.17) is 12.2 Å². The second kappa shape index (κ2) is 6.44. The molecule has 0 atom stereocenters. The molecule has 2 aromatic carbocycles. The maximum Gasteiger partial charge on any atom is 0.269 e. The van der Waals surface area contributed by atoms with Crippen molar-refractivity contribution >= 4 is 50.3 Å². The molecule has 0 amide bonds. The maximum absolute atomic E-state index is 10.6. The highest BCUT2D eigenvalue weighted by Crippen LogP contribution is 2.17. The Morgan fingerprint density at radius 1 is 1.10 bits per heavy atom. The van der Waals surface area contributed by atoms with Gasteiger partial charge in [-0.25, -0.2) is 0 Å². The fraction of sp³-hybridized carbons (Fsp3) is 0. The van der Waals surface area contributed by atoms with Crippen LogP contribution < -0.4 is 10.6 Å². The molecule has 0 aliphatic heterocycles. The topological polar surface area (TPSA) is 67.2 Å². The first kappa shape index (κ1) is 14.4. The third-order valence-corrected chi connectivity index (χ3v) is 3.12. The lowest BCUT2D eigenvalue weighted by Gasteiger charge is -2.10. The van der Waals surface area contributed by atoms with Gasteiger partial charge in [0.15, 0.2) is 5.11 Å². The van der Waals surface area contributed by atoms with Crippen LogP contribution in [0.1, 0.15) is 0 Å². The molecule has 20 heavy (non-hydrogen) atoms. The monoisotopic (exact) mass is 351 g/mol. The molecule has 0 bridgehead atoms. The van der Waals surface area contributed by atoms with Crippen molar-refractivity contribution in [1.29, 1.82) is 0 Å². The molecule has 0 unspecified atom stereocenters. The highest BCUT2D eigenvalue weighted by atomic mass is 79.9. The molecule has 2 aromatic rings. The van der Waals surface area contributed by atoms with E-state index in [0.717, 1.165) is 10.2 Å². The van der Waals surface area contributed by atoms with Crippen LogP contribution >= 0.6 is 28.1 Å². The Kier molecular flexibility index (Phi) is 4.65. The predicted octanol–water partition coefficient (Wildman–Crippen LogP) is 4.17. The third kappa shape index (κ3) is 4.01. The van der Waals surface area contributed by atoms with E-state index in [1.54, 1.807) is 12.1 Å². The molecular weight excluding hydrogens is 342 g/mol. The molecule has 0 spiro atoms. The summed E-state index contributed by atoms with van der Waals surface area (Å²) in [6.07, 6.45) is 0. The lowest BCUT2D eigenvalue weighted by Crippen LogP contribution is -2.18. The van der Waals surface area contributed by atoms with Crippen molar-refractivity contribution in [2.24, 2.45) is 0 Å². The zero-order valence-corrected chi connectivity index (χ0v) is 12.6. The first-order valence-corrected chi connectivity index (χ1v) is 6.83. The van der Waals surface area contributed by atoms with Gasteiger partial charge in [0.05, 0.1) is 4.92 Å². The Balaban J connectivity index is 1.99. The summed E-state index contributed by atoms with van der Waals surface area (Å²) in [6.45, 7) is 0. The van der Waals surface area contributed by atoms with Gasteiger partial charge in [0.1, 0.15) is 0 Å². The predicted molar refractivity (Wildman–Crippen MR) is 87.1 cm³/mol. The van der Waals surface area contributed by atoms with E-state index in [-0.39, 0.29) is 5.69 Å². The number of nitro groups is 1. The minimum Gasteiger partial charge on any atom is -0.332 e. The highest BCUT2D eigenvalue weighted by Gasteiger charge is 2.05. The van der Waals surface area contributed by atoms with Gasteiger partial charge in [0, 0.05) is 28.0 Å². The average Bonchev–Trinajstić information content (AvgIpc) is 2.39. The Morgan fingerprint density at radius 2 is 1.75 bits per heavy atom. The number of non-ortho nitro benzene ring substituents is 1. The van der Waals surface area contributed by atoms with Crippen LogP contribution in [0.4, 0.5) is 17.1 Å². The normalized spacial score (nSPS) is 9.85. The minimum absolute atomic E-state index is 0.0430. The number of benzene rings is 2. The Hall–Kier alpha value is -1.99. The van der Waals surface area contributed by atoms with Gasteiger partial charge in [-0.2, -0.15) is 0 Å². The zero-order valence-electron chi connectivity index (χ0n) is 10.2. The Labute approximate surface area is 129 Å². The number of hydrogen-bond acceptors (Lipinski definition) is 3. The minimum atomic E-state index is -0.443. The fourth-order valence-electron chi connectivity index (χ4n) is 1.53. The first-order valence-electron chi connectivity index (χ1n) is 5.62. The third-order valence-electron chi connectivity index (χ3n) is 2.42. The molecule has 0 aromatic heterocycles. The Morgan fingerprint density at radius 3 is 2.35 bits per heavy atom. The first-order chi connectivity index (χ1) is 9.54. The van der Waals surface area contributed by atoms with Crippen LogP contribution in [0.15, 0.2) is 53.0 Å². The SMILES string of the molecule is O=[N+]([O-])c1ccc(NC(=S)Nc2cccc(Br)c2)cc1. The zero-order chi connectivity index (χ0) is 14.5. The van der Waals surface area contributed by atoms with Crippen LogP contribution in [0.3, 0.4) is 0 Å². The summed E-state index contributed by atoms with van der Waals surface area (Å²) in [5.74, 6) is 0. The average molecular weight is 352 g/mol. The largest absolute Gasteiger partial charge is 0.332 e. The number of nitrogens with zero attached hydrogens (tertiary/aromatic N) is 1. The van der Waals surface area contributed by atoms with E-state index < -0.39 is 4.92 Å². The summed E-state index contributed by atoms with van der Waals surface area (Å²) in [7, 11) is 0. The van der Waals surface area contributed by atoms with Gasteiger partial charge in [-0.05, 0) is 42.5 Å². The highest BCUT2D eigenvalue weighted by molar-refractivity contribution is 9.10. The van der Waals surface area contributed by atoms with E-state index in [0.29, 0.717) is 10.8 Å². The van der Waals surface area contributed by atoms with Crippen LogP contribution in [-0.2, 0) is 0 Å². The van der Waals surface area contributed by atoms with Crippen molar-refractivity contribution in [3.8, 4) is 0 Å². The molecule has 102 valence electrons. The van der Waals surface area contributed by atoms with Gasteiger partial charge in [0.25, 0.3) is 5.69 Å². The van der Waals surface area contributed by atoms with Crippen molar-refractivity contribution < 1.29 is 4.92 Å². The van der Waals surface area contributed by atoms with Crippen LogP contribution in [-0.4, -0.2) is 10.0 Å². The maximum atomic E-state index is 10.6. The molecule has 7 heteroatoms. The van der Waals surface area contributed by atoms with Crippen LogP contribution in [0.2, 0.25) is 0 Å². The quantitative estimate of drug-likeness (QED) is 0.493. The second-order valence-electron chi connectivity index (χ2n) is 3.89. The van der Waals surface area contributed by atoms with E-state index in [2.05, 4.69) is 26.6 Å². The molecule has 0 heterocycles. The molecule has 2 rings (SSSR count). The van der Waals surface area contributed by atoms with Gasteiger partial charge in [-0.3, -0.25) is 10.1 Å². The van der Waals surface area contributed by atoms with Gasteiger partial charge >= 0.3 is 0 Å². The van der Waals surface area contributed by atoms with Crippen molar-refractivity contribution in [3.05, 3.63) is 63.1 Å². The smallest absolute Gasteiger partial charge is 0.269 e. The van der Waals surface area contributed by atoms with E-state index >= 15 is 0 Å². The number of nitro benzene ring substituents is 1.